The van der Waals surface area contributed by atoms with E-state index in [1.54, 1.807) is 0 Å². The van der Waals surface area contributed by atoms with Gasteiger partial charge in [0, 0.05) is 18.2 Å². The van der Waals surface area contributed by atoms with E-state index in [9.17, 15) is 9.59 Å². The number of imide groups is 1. The quantitative estimate of drug-likeness (QED) is 0.785. The van der Waals surface area contributed by atoms with E-state index in [-0.39, 0.29) is 17.4 Å². The highest BCUT2D eigenvalue weighted by Gasteiger charge is 2.14. The number of rotatable bonds is 6. The van der Waals surface area contributed by atoms with Gasteiger partial charge in [0.2, 0.25) is 12.3 Å². The molecule has 0 aliphatic carbocycles. The van der Waals surface area contributed by atoms with Crippen LogP contribution in [0.5, 0.6) is 0 Å². The summed E-state index contributed by atoms with van der Waals surface area (Å²) >= 11 is 0. The predicted octanol–water partition coefficient (Wildman–Crippen LogP) is 2.84. The van der Waals surface area contributed by atoms with Crippen molar-refractivity contribution in [3.05, 3.63) is 29.8 Å². The predicted molar refractivity (Wildman–Crippen MR) is 81.7 cm³/mol. The van der Waals surface area contributed by atoms with E-state index in [0.29, 0.717) is 19.3 Å². The summed E-state index contributed by atoms with van der Waals surface area (Å²) in [6.07, 6.45) is 1.44. The first-order valence-corrected chi connectivity index (χ1v) is 6.93. The number of anilines is 1. The lowest BCUT2D eigenvalue weighted by Gasteiger charge is -2.21. The lowest BCUT2D eigenvalue weighted by atomic mass is 9.87. The maximum absolute atomic E-state index is 11.2. The van der Waals surface area contributed by atoms with Gasteiger partial charge in [-0.25, -0.2) is 0 Å². The number of nitrogens with one attached hydrogen (secondary N) is 2. The Balaban J connectivity index is 2.56. The molecule has 0 bridgehead atoms. The number of hydrogen-bond donors (Lipinski definition) is 2. The molecule has 0 radical (unpaired) electrons. The van der Waals surface area contributed by atoms with Crippen molar-refractivity contribution in [2.45, 2.75) is 52.0 Å². The molecule has 0 aliphatic rings. The van der Waals surface area contributed by atoms with Crippen molar-refractivity contribution in [3.8, 4) is 0 Å². The molecule has 0 saturated heterocycles. The first kappa shape index (κ1) is 16.2. The zero-order valence-electron chi connectivity index (χ0n) is 12.7. The molecule has 1 unspecified atom stereocenters. The third-order valence-electron chi connectivity index (χ3n) is 3.17. The Kier molecular flexibility index (Phi) is 5.74. The van der Waals surface area contributed by atoms with Crippen LogP contribution in [0.4, 0.5) is 5.69 Å². The van der Waals surface area contributed by atoms with Gasteiger partial charge >= 0.3 is 0 Å². The Morgan fingerprint density at radius 2 is 2.05 bits per heavy atom. The summed E-state index contributed by atoms with van der Waals surface area (Å²) in [7, 11) is 0. The molecule has 0 heterocycles. The molecular formula is C16H24N2O2. The van der Waals surface area contributed by atoms with E-state index in [1.807, 2.05) is 19.1 Å². The van der Waals surface area contributed by atoms with E-state index >= 15 is 0 Å². The van der Waals surface area contributed by atoms with Crippen LogP contribution in [0.25, 0.3) is 0 Å². The minimum Gasteiger partial charge on any atom is -0.383 e. The van der Waals surface area contributed by atoms with Gasteiger partial charge < -0.3 is 5.32 Å². The zero-order valence-corrected chi connectivity index (χ0v) is 12.7. The number of carbonyl (C=O) groups excluding carboxylic acids is 2. The van der Waals surface area contributed by atoms with Crippen molar-refractivity contribution in [1.29, 1.82) is 0 Å². The van der Waals surface area contributed by atoms with Crippen molar-refractivity contribution >= 4 is 18.0 Å². The molecule has 0 spiro atoms. The summed E-state index contributed by atoms with van der Waals surface area (Å²) in [5, 5.41) is 5.53. The average Bonchev–Trinajstić information content (AvgIpc) is 2.36. The topological polar surface area (TPSA) is 58.2 Å². The fraction of sp³-hybridized carbons (Fsp3) is 0.500. The Hall–Kier alpha value is -1.84. The average molecular weight is 276 g/mol. The molecule has 0 fully saturated rings. The minimum atomic E-state index is -0.239. The van der Waals surface area contributed by atoms with Crippen molar-refractivity contribution in [3.63, 3.8) is 0 Å². The molecule has 0 aromatic heterocycles. The number of amides is 2. The molecule has 1 aromatic rings. The molecule has 0 aliphatic heterocycles. The Morgan fingerprint density at radius 1 is 1.35 bits per heavy atom. The standard InChI is InChI=1S/C16H24N2O2/c1-12(8-9-15(20)17-11-19)18-14-7-5-6-13(10-14)16(2,3)4/h5-7,10-12,18H,8-9H2,1-4H3,(H,17,19,20). The summed E-state index contributed by atoms with van der Waals surface area (Å²) in [6, 6.07) is 8.49. The molecule has 110 valence electrons. The van der Waals surface area contributed by atoms with Crippen LogP contribution in [0.2, 0.25) is 0 Å². The minimum absolute atomic E-state index is 0.116. The largest absolute Gasteiger partial charge is 0.383 e. The van der Waals surface area contributed by atoms with Gasteiger partial charge in [0.05, 0.1) is 0 Å². The second-order valence-electron chi connectivity index (χ2n) is 6.10. The monoisotopic (exact) mass is 276 g/mol. The van der Waals surface area contributed by atoms with Gasteiger partial charge in [-0.15, -0.1) is 0 Å². The molecule has 4 heteroatoms. The summed E-state index contributed by atoms with van der Waals surface area (Å²) in [6.45, 7) is 8.57. The van der Waals surface area contributed by atoms with Gasteiger partial charge in [-0.05, 0) is 36.5 Å². The summed E-state index contributed by atoms with van der Waals surface area (Å²) in [5.74, 6) is -0.239. The highest BCUT2D eigenvalue weighted by atomic mass is 16.2. The molecule has 1 aromatic carbocycles. The number of hydrogen-bond acceptors (Lipinski definition) is 3. The maximum Gasteiger partial charge on any atom is 0.226 e. The second-order valence-corrected chi connectivity index (χ2v) is 6.10. The molecule has 20 heavy (non-hydrogen) atoms. The Labute approximate surface area is 121 Å². The molecule has 1 rings (SSSR count). The summed E-state index contributed by atoms with van der Waals surface area (Å²) < 4.78 is 0. The molecule has 1 atom stereocenters. The van der Waals surface area contributed by atoms with Crippen LogP contribution in [0.1, 0.15) is 46.1 Å². The first-order valence-electron chi connectivity index (χ1n) is 6.93. The fourth-order valence-electron chi connectivity index (χ4n) is 1.92. The fourth-order valence-corrected chi connectivity index (χ4v) is 1.92. The lowest BCUT2D eigenvalue weighted by molar-refractivity contribution is -0.125. The van der Waals surface area contributed by atoms with Gasteiger partial charge in [0.1, 0.15) is 0 Å². The SMILES string of the molecule is CC(CCC(=O)NC=O)Nc1cccc(C(C)(C)C)c1. The molecule has 2 N–H and O–H groups in total. The van der Waals surface area contributed by atoms with Gasteiger partial charge in [0.15, 0.2) is 0 Å². The molecule has 0 saturated carbocycles. The van der Waals surface area contributed by atoms with Crippen LogP contribution < -0.4 is 10.6 Å². The van der Waals surface area contributed by atoms with Crippen LogP contribution in [0.15, 0.2) is 24.3 Å². The van der Waals surface area contributed by atoms with Crippen LogP contribution in [0, 0.1) is 0 Å². The number of benzene rings is 1. The van der Waals surface area contributed by atoms with E-state index in [4.69, 9.17) is 0 Å². The third kappa shape index (κ3) is 5.43. The van der Waals surface area contributed by atoms with Crippen LogP contribution in [-0.2, 0) is 15.0 Å². The first-order chi connectivity index (χ1) is 9.32. The van der Waals surface area contributed by atoms with E-state index in [0.717, 1.165) is 5.69 Å². The van der Waals surface area contributed by atoms with Crippen molar-refractivity contribution < 1.29 is 9.59 Å². The molecule has 2 amide bonds. The smallest absolute Gasteiger partial charge is 0.226 e. The second kappa shape index (κ2) is 7.08. The Bertz CT molecular complexity index is 464. The van der Waals surface area contributed by atoms with Gasteiger partial charge in [-0.2, -0.15) is 0 Å². The van der Waals surface area contributed by atoms with Crippen molar-refractivity contribution in [1.82, 2.24) is 5.32 Å². The lowest BCUT2D eigenvalue weighted by Crippen LogP contribution is -2.24. The maximum atomic E-state index is 11.2. The van der Waals surface area contributed by atoms with E-state index in [2.05, 4.69) is 43.5 Å². The van der Waals surface area contributed by atoms with E-state index in [1.165, 1.54) is 5.56 Å². The normalized spacial score (nSPS) is 12.6. The zero-order chi connectivity index (χ0) is 15.2. The number of carbonyl (C=O) groups is 2. The van der Waals surface area contributed by atoms with Crippen LogP contribution >= 0.6 is 0 Å². The van der Waals surface area contributed by atoms with Gasteiger partial charge in [0.25, 0.3) is 0 Å². The third-order valence-corrected chi connectivity index (χ3v) is 3.17. The van der Waals surface area contributed by atoms with Crippen molar-refractivity contribution in [2.24, 2.45) is 0 Å². The van der Waals surface area contributed by atoms with Gasteiger partial charge in [-0.1, -0.05) is 32.9 Å². The molecule has 4 nitrogen and oxygen atoms in total. The summed E-state index contributed by atoms with van der Waals surface area (Å²) in [5.41, 5.74) is 2.44. The van der Waals surface area contributed by atoms with Gasteiger partial charge in [-0.3, -0.25) is 14.9 Å². The summed E-state index contributed by atoms with van der Waals surface area (Å²) in [4.78, 5) is 21.4. The van der Waals surface area contributed by atoms with Crippen LogP contribution in [0.3, 0.4) is 0 Å². The van der Waals surface area contributed by atoms with Crippen LogP contribution in [-0.4, -0.2) is 18.4 Å². The molecular weight excluding hydrogens is 252 g/mol. The Morgan fingerprint density at radius 3 is 2.65 bits per heavy atom. The van der Waals surface area contributed by atoms with E-state index < -0.39 is 0 Å². The highest BCUT2D eigenvalue weighted by molar-refractivity contribution is 5.85. The highest BCUT2D eigenvalue weighted by Crippen LogP contribution is 2.25. The van der Waals surface area contributed by atoms with Crippen molar-refractivity contribution in [2.75, 3.05) is 5.32 Å².